The maximum atomic E-state index is 8.81. The van der Waals surface area contributed by atoms with Crippen LogP contribution >= 0.6 is 0 Å². The van der Waals surface area contributed by atoms with Crippen LogP contribution in [0.4, 0.5) is 5.82 Å². The molecule has 0 unspecified atom stereocenters. The lowest BCUT2D eigenvalue weighted by Gasteiger charge is -2.12. The van der Waals surface area contributed by atoms with Crippen molar-refractivity contribution in [2.24, 2.45) is 0 Å². The fourth-order valence-corrected chi connectivity index (χ4v) is 1.75. The topological polar surface area (TPSA) is 61.6 Å². The number of hydrogen-bond acceptors (Lipinski definition) is 4. The lowest BCUT2D eigenvalue weighted by atomic mass is 10.2. The van der Waals surface area contributed by atoms with E-state index in [2.05, 4.69) is 27.7 Å². The Morgan fingerprint density at radius 1 is 1.50 bits per heavy atom. The van der Waals surface area contributed by atoms with E-state index in [0.717, 1.165) is 12.8 Å². The van der Waals surface area contributed by atoms with Crippen molar-refractivity contribution < 1.29 is 0 Å². The van der Waals surface area contributed by atoms with Gasteiger partial charge >= 0.3 is 0 Å². The molecule has 14 heavy (non-hydrogen) atoms. The van der Waals surface area contributed by atoms with Crippen LogP contribution in [0.3, 0.4) is 0 Å². The maximum Gasteiger partial charge on any atom is 0.199 e. The Labute approximate surface area is 83.0 Å². The third kappa shape index (κ3) is 1.82. The van der Waals surface area contributed by atoms with Gasteiger partial charge in [-0.15, -0.1) is 0 Å². The van der Waals surface area contributed by atoms with Crippen molar-refractivity contribution in [2.75, 3.05) is 5.32 Å². The highest BCUT2D eigenvalue weighted by molar-refractivity contribution is 5.50. The van der Waals surface area contributed by atoms with Gasteiger partial charge in [-0.2, -0.15) is 5.26 Å². The number of aromatic nitrogens is 2. The van der Waals surface area contributed by atoms with E-state index in [-0.39, 0.29) is 0 Å². The molecule has 1 aromatic rings. The Morgan fingerprint density at radius 2 is 2.29 bits per heavy atom. The van der Waals surface area contributed by atoms with Crippen LogP contribution in [0.5, 0.6) is 0 Å². The van der Waals surface area contributed by atoms with Crippen LogP contribution in [0.15, 0.2) is 6.20 Å². The van der Waals surface area contributed by atoms with Crippen LogP contribution in [0, 0.1) is 17.7 Å². The summed E-state index contributed by atoms with van der Waals surface area (Å²) in [5, 5.41) is 12.1. The second-order valence-electron chi connectivity index (χ2n) is 3.47. The molecule has 71 valence electrons. The van der Waals surface area contributed by atoms with Gasteiger partial charge in [-0.3, -0.25) is 0 Å². The molecule has 0 saturated heterocycles. The molecule has 1 heterocycles. The van der Waals surface area contributed by atoms with Crippen LogP contribution in [0.25, 0.3) is 0 Å². The zero-order chi connectivity index (χ0) is 9.80. The summed E-state index contributed by atoms with van der Waals surface area (Å²) in [5.41, 5.74) is 0.496. The Morgan fingerprint density at radius 3 is 3.00 bits per heavy atom. The summed E-state index contributed by atoms with van der Waals surface area (Å²) in [4.78, 5) is 7.64. The van der Waals surface area contributed by atoms with Crippen molar-refractivity contribution in [1.82, 2.24) is 9.97 Å². The predicted octanol–water partition coefficient (Wildman–Crippen LogP) is 1.50. The molecule has 1 aromatic heterocycles. The minimum atomic E-state index is 0.463. The van der Waals surface area contributed by atoms with Gasteiger partial charge in [0.15, 0.2) is 6.33 Å². The Balaban J connectivity index is 2.11. The fraction of sp³-hybridized carbons (Fsp3) is 0.500. The second kappa shape index (κ2) is 4.05. The lowest BCUT2D eigenvalue weighted by molar-refractivity contribution is 0.749. The number of nitriles is 1. The van der Waals surface area contributed by atoms with E-state index in [0.29, 0.717) is 17.4 Å². The molecule has 2 rings (SSSR count). The van der Waals surface area contributed by atoms with Gasteiger partial charge < -0.3 is 5.32 Å². The SMILES string of the molecule is N#Cc1cn[c]nc1NC1CCCC1. The molecule has 1 saturated carbocycles. The molecule has 1 fully saturated rings. The molecular weight excluding hydrogens is 176 g/mol. The summed E-state index contributed by atoms with van der Waals surface area (Å²) < 4.78 is 0. The normalized spacial score (nSPS) is 16.5. The number of nitrogens with zero attached hydrogens (tertiary/aromatic N) is 3. The lowest BCUT2D eigenvalue weighted by Crippen LogP contribution is -2.16. The zero-order valence-corrected chi connectivity index (χ0v) is 7.82. The van der Waals surface area contributed by atoms with Crippen LogP contribution in [-0.4, -0.2) is 16.0 Å². The van der Waals surface area contributed by atoms with Gasteiger partial charge in [-0.05, 0) is 12.8 Å². The highest BCUT2D eigenvalue weighted by Crippen LogP contribution is 2.22. The van der Waals surface area contributed by atoms with E-state index in [9.17, 15) is 0 Å². The van der Waals surface area contributed by atoms with E-state index in [1.54, 1.807) is 0 Å². The van der Waals surface area contributed by atoms with Crippen LogP contribution in [0.1, 0.15) is 31.2 Å². The molecule has 0 atom stereocenters. The first-order valence-corrected chi connectivity index (χ1v) is 4.80. The Bertz CT molecular complexity index is 349. The summed E-state index contributed by atoms with van der Waals surface area (Å²) in [7, 11) is 0. The van der Waals surface area contributed by atoms with E-state index < -0.39 is 0 Å². The highest BCUT2D eigenvalue weighted by atomic mass is 15.0. The van der Waals surface area contributed by atoms with Gasteiger partial charge in [0.2, 0.25) is 0 Å². The Hall–Kier alpha value is -1.63. The average molecular weight is 187 g/mol. The summed E-state index contributed by atoms with van der Waals surface area (Å²) in [6, 6.07) is 2.53. The molecule has 0 amide bonds. The largest absolute Gasteiger partial charge is 0.366 e. The van der Waals surface area contributed by atoms with Gasteiger partial charge in [-0.25, -0.2) is 9.97 Å². The minimum Gasteiger partial charge on any atom is -0.366 e. The van der Waals surface area contributed by atoms with E-state index >= 15 is 0 Å². The van der Waals surface area contributed by atoms with Crippen molar-refractivity contribution in [3.63, 3.8) is 0 Å². The van der Waals surface area contributed by atoms with Crippen LogP contribution in [-0.2, 0) is 0 Å². The molecular formula is C10H11N4. The molecule has 0 bridgehead atoms. The first-order chi connectivity index (χ1) is 6.90. The maximum absolute atomic E-state index is 8.81. The monoisotopic (exact) mass is 187 g/mol. The summed E-state index contributed by atoms with van der Waals surface area (Å²) in [6.45, 7) is 0. The van der Waals surface area contributed by atoms with E-state index in [4.69, 9.17) is 5.26 Å². The van der Waals surface area contributed by atoms with Crippen LogP contribution < -0.4 is 5.32 Å². The Kier molecular flexibility index (Phi) is 2.59. The average Bonchev–Trinajstić information content (AvgIpc) is 2.71. The van der Waals surface area contributed by atoms with Crippen molar-refractivity contribution in [3.8, 4) is 6.07 Å². The van der Waals surface area contributed by atoms with E-state index in [1.165, 1.54) is 19.0 Å². The molecule has 1 aliphatic carbocycles. The van der Waals surface area contributed by atoms with Gasteiger partial charge in [0.25, 0.3) is 0 Å². The van der Waals surface area contributed by atoms with Crippen molar-refractivity contribution >= 4 is 5.82 Å². The van der Waals surface area contributed by atoms with Crippen molar-refractivity contribution in [3.05, 3.63) is 18.1 Å². The van der Waals surface area contributed by atoms with Crippen LogP contribution in [0.2, 0.25) is 0 Å². The first-order valence-electron chi connectivity index (χ1n) is 4.80. The van der Waals surface area contributed by atoms with Gasteiger partial charge in [0.05, 0.1) is 6.20 Å². The number of anilines is 1. The number of rotatable bonds is 2. The number of nitrogens with one attached hydrogen (secondary N) is 1. The summed E-state index contributed by atoms with van der Waals surface area (Å²) in [5.74, 6) is 0.620. The third-order valence-electron chi connectivity index (χ3n) is 2.48. The highest BCUT2D eigenvalue weighted by Gasteiger charge is 2.16. The van der Waals surface area contributed by atoms with Crippen molar-refractivity contribution in [1.29, 1.82) is 5.26 Å². The summed E-state index contributed by atoms with van der Waals surface area (Å²) >= 11 is 0. The van der Waals surface area contributed by atoms with E-state index in [1.807, 2.05) is 0 Å². The second-order valence-corrected chi connectivity index (χ2v) is 3.47. The molecule has 1 N–H and O–H groups in total. The third-order valence-corrected chi connectivity index (χ3v) is 2.48. The standard InChI is InChI=1S/C10H11N4/c11-5-8-6-12-7-13-10(8)14-9-3-1-2-4-9/h6,9H,1-4H2,(H,12,13,14). The van der Waals surface area contributed by atoms with Crippen molar-refractivity contribution in [2.45, 2.75) is 31.7 Å². The molecule has 1 radical (unpaired) electrons. The van der Waals surface area contributed by atoms with Gasteiger partial charge in [0.1, 0.15) is 17.5 Å². The number of hydrogen-bond donors (Lipinski definition) is 1. The molecule has 0 spiro atoms. The molecule has 1 aliphatic rings. The molecule has 4 heteroatoms. The van der Waals surface area contributed by atoms with Gasteiger partial charge in [-0.1, -0.05) is 12.8 Å². The van der Waals surface area contributed by atoms with Gasteiger partial charge in [0, 0.05) is 6.04 Å². The first kappa shape index (κ1) is 8.95. The summed E-state index contributed by atoms with van der Waals surface area (Å²) in [6.07, 6.45) is 8.83. The smallest absolute Gasteiger partial charge is 0.199 e. The fourth-order valence-electron chi connectivity index (χ4n) is 1.75. The zero-order valence-electron chi connectivity index (χ0n) is 7.82. The molecule has 4 nitrogen and oxygen atoms in total. The minimum absolute atomic E-state index is 0.463. The molecule has 0 aliphatic heterocycles. The molecule has 0 aromatic carbocycles. The quantitative estimate of drug-likeness (QED) is 0.762. The predicted molar refractivity (Wildman–Crippen MR) is 51.5 cm³/mol.